The molecule has 1 aromatic rings. The second kappa shape index (κ2) is 4.47. The van der Waals surface area contributed by atoms with Crippen molar-refractivity contribution in [3.8, 4) is 0 Å². The summed E-state index contributed by atoms with van der Waals surface area (Å²) in [6, 6.07) is 4.53. The molecular weight excluding hydrogens is 224 g/mol. The molecule has 1 atom stereocenters. The van der Waals surface area contributed by atoms with Gasteiger partial charge in [0, 0.05) is 16.6 Å². The van der Waals surface area contributed by atoms with Gasteiger partial charge in [-0.3, -0.25) is 0 Å². The number of hydrogen-bond donors (Lipinski definition) is 1. The van der Waals surface area contributed by atoms with Crippen molar-refractivity contribution in [3.05, 3.63) is 34.6 Å². The Balaban J connectivity index is 0.000000980. The molecule has 0 unspecified atom stereocenters. The topological polar surface area (TPSA) is 26.0 Å². The summed E-state index contributed by atoms with van der Waals surface area (Å²) < 4.78 is 13.3. The average molecular weight is 236 g/mol. The van der Waals surface area contributed by atoms with E-state index in [0.717, 1.165) is 12.8 Å². The number of benzene rings is 1. The first-order chi connectivity index (χ1) is 6.18. The molecule has 78 valence electrons. The van der Waals surface area contributed by atoms with E-state index in [1.807, 2.05) is 0 Å². The van der Waals surface area contributed by atoms with E-state index in [2.05, 4.69) is 0 Å². The Hall–Kier alpha value is -0.310. The van der Waals surface area contributed by atoms with Gasteiger partial charge in [0.2, 0.25) is 0 Å². The number of nitrogens with two attached hydrogens (primary N) is 1. The van der Waals surface area contributed by atoms with Crippen molar-refractivity contribution in [2.75, 3.05) is 0 Å². The zero-order valence-electron chi connectivity index (χ0n) is 7.54. The number of halogens is 3. The molecule has 2 rings (SSSR count). The van der Waals surface area contributed by atoms with E-state index in [-0.39, 0.29) is 24.3 Å². The highest BCUT2D eigenvalue weighted by Gasteiger charge is 2.30. The Morgan fingerprint density at radius 3 is 2.57 bits per heavy atom. The molecule has 1 saturated carbocycles. The summed E-state index contributed by atoms with van der Waals surface area (Å²) in [6.45, 7) is 0. The largest absolute Gasteiger partial charge is 0.324 e. The second-order valence-corrected chi connectivity index (χ2v) is 3.97. The molecular formula is C10H12Cl2FN. The second-order valence-electron chi connectivity index (χ2n) is 3.53. The van der Waals surface area contributed by atoms with Crippen molar-refractivity contribution in [3.63, 3.8) is 0 Å². The lowest BCUT2D eigenvalue weighted by atomic mass is 10.0. The Morgan fingerprint density at radius 1 is 1.43 bits per heavy atom. The summed E-state index contributed by atoms with van der Waals surface area (Å²) in [7, 11) is 0. The van der Waals surface area contributed by atoms with Gasteiger partial charge in [0.05, 0.1) is 0 Å². The Morgan fingerprint density at radius 2 is 2.07 bits per heavy atom. The van der Waals surface area contributed by atoms with Gasteiger partial charge in [-0.2, -0.15) is 0 Å². The molecule has 0 aromatic heterocycles. The maximum atomic E-state index is 13.3. The fourth-order valence-corrected chi connectivity index (χ4v) is 1.64. The first-order valence-corrected chi connectivity index (χ1v) is 4.77. The molecule has 0 bridgehead atoms. The van der Waals surface area contributed by atoms with Gasteiger partial charge < -0.3 is 5.73 Å². The van der Waals surface area contributed by atoms with Crippen LogP contribution in [0.25, 0.3) is 0 Å². The third-order valence-corrected chi connectivity index (χ3v) is 2.69. The molecule has 2 N–H and O–H groups in total. The van der Waals surface area contributed by atoms with Gasteiger partial charge in [-0.25, -0.2) is 4.39 Å². The van der Waals surface area contributed by atoms with E-state index < -0.39 is 0 Å². The molecule has 0 radical (unpaired) electrons. The molecule has 4 heteroatoms. The van der Waals surface area contributed by atoms with Crippen LogP contribution < -0.4 is 5.73 Å². The lowest BCUT2D eigenvalue weighted by molar-refractivity contribution is 0.554. The van der Waals surface area contributed by atoms with Crippen LogP contribution >= 0.6 is 24.0 Å². The van der Waals surface area contributed by atoms with Crippen LogP contribution in [0.2, 0.25) is 5.02 Å². The Kier molecular flexibility index (Phi) is 3.76. The third-order valence-electron chi connectivity index (χ3n) is 2.45. The normalized spacial score (nSPS) is 17.4. The van der Waals surface area contributed by atoms with E-state index in [4.69, 9.17) is 17.3 Å². The van der Waals surface area contributed by atoms with Crippen molar-refractivity contribution in [1.29, 1.82) is 0 Å². The maximum absolute atomic E-state index is 13.3. The van der Waals surface area contributed by atoms with Gasteiger partial charge in [-0.15, -0.1) is 12.4 Å². The van der Waals surface area contributed by atoms with Gasteiger partial charge >= 0.3 is 0 Å². The maximum Gasteiger partial charge on any atom is 0.129 e. The van der Waals surface area contributed by atoms with E-state index >= 15 is 0 Å². The summed E-state index contributed by atoms with van der Waals surface area (Å²) >= 11 is 5.64. The summed E-state index contributed by atoms with van der Waals surface area (Å²) in [5.74, 6) is 0.183. The van der Waals surface area contributed by atoms with Crippen molar-refractivity contribution >= 4 is 24.0 Å². The van der Waals surface area contributed by atoms with Crippen molar-refractivity contribution in [2.45, 2.75) is 18.9 Å². The zero-order chi connectivity index (χ0) is 9.42. The van der Waals surface area contributed by atoms with Gasteiger partial charge in [0.1, 0.15) is 5.82 Å². The number of rotatable bonds is 2. The lowest BCUT2D eigenvalue weighted by Gasteiger charge is -2.11. The monoisotopic (exact) mass is 235 g/mol. The van der Waals surface area contributed by atoms with Gasteiger partial charge in [0.15, 0.2) is 0 Å². The van der Waals surface area contributed by atoms with Crippen LogP contribution in [-0.4, -0.2) is 0 Å². The molecule has 14 heavy (non-hydrogen) atoms. The molecule has 1 nitrogen and oxygen atoms in total. The minimum atomic E-state index is -0.285. The summed E-state index contributed by atoms with van der Waals surface area (Å²) in [4.78, 5) is 0. The average Bonchev–Trinajstić information content (AvgIpc) is 2.85. The van der Waals surface area contributed by atoms with Gasteiger partial charge in [0.25, 0.3) is 0 Å². The minimum Gasteiger partial charge on any atom is -0.324 e. The van der Waals surface area contributed by atoms with E-state index in [9.17, 15) is 4.39 Å². The van der Waals surface area contributed by atoms with E-state index in [1.165, 1.54) is 6.07 Å². The van der Waals surface area contributed by atoms with E-state index in [0.29, 0.717) is 16.5 Å². The number of hydrogen-bond acceptors (Lipinski definition) is 1. The van der Waals surface area contributed by atoms with Crippen LogP contribution in [0.15, 0.2) is 18.2 Å². The molecule has 1 aromatic carbocycles. The quantitative estimate of drug-likeness (QED) is 0.837. The third kappa shape index (κ3) is 2.38. The molecule has 1 aliphatic rings. The highest BCUT2D eigenvalue weighted by Crippen LogP contribution is 2.40. The predicted octanol–water partition coefficient (Wildman–Crippen LogP) is 3.31. The van der Waals surface area contributed by atoms with Crippen LogP contribution in [0.4, 0.5) is 4.39 Å². The zero-order valence-corrected chi connectivity index (χ0v) is 9.11. The van der Waals surface area contributed by atoms with E-state index in [1.54, 1.807) is 12.1 Å². The predicted molar refractivity (Wildman–Crippen MR) is 58.3 cm³/mol. The lowest BCUT2D eigenvalue weighted by Crippen LogP contribution is -2.13. The highest BCUT2D eigenvalue weighted by molar-refractivity contribution is 6.30. The molecule has 0 aliphatic heterocycles. The SMILES string of the molecule is Cl.N[C@@H](c1ccc(Cl)cc1F)C1CC1. The molecule has 1 aliphatic carbocycles. The Labute approximate surface area is 93.8 Å². The van der Waals surface area contributed by atoms with Crippen LogP contribution in [0, 0.1) is 11.7 Å². The summed E-state index contributed by atoms with van der Waals surface area (Å²) in [5, 5.41) is 0.421. The van der Waals surface area contributed by atoms with Crippen LogP contribution in [0.5, 0.6) is 0 Å². The molecule has 1 fully saturated rings. The molecule has 0 amide bonds. The standard InChI is InChI=1S/C10H11ClFN.ClH/c11-7-3-4-8(9(12)5-7)10(13)6-1-2-6;/h3-6,10H,1-2,13H2;1H/t10-;/m1./s1. The molecule has 0 saturated heterocycles. The Bertz CT molecular complexity index is 326. The van der Waals surface area contributed by atoms with Crippen LogP contribution in [0.1, 0.15) is 24.4 Å². The van der Waals surface area contributed by atoms with Gasteiger partial charge in [-0.1, -0.05) is 17.7 Å². The molecule has 0 spiro atoms. The first kappa shape index (κ1) is 11.8. The smallest absolute Gasteiger partial charge is 0.129 e. The van der Waals surface area contributed by atoms with Crippen molar-refractivity contribution < 1.29 is 4.39 Å². The van der Waals surface area contributed by atoms with Crippen molar-refractivity contribution in [1.82, 2.24) is 0 Å². The van der Waals surface area contributed by atoms with Gasteiger partial charge in [-0.05, 0) is 30.9 Å². The molecule has 0 heterocycles. The fraction of sp³-hybridized carbons (Fsp3) is 0.400. The fourth-order valence-electron chi connectivity index (χ4n) is 1.48. The minimum absolute atomic E-state index is 0. The first-order valence-electron chi connectivity index (χ1n) is 4.39. The van der Waals surface area contributed by atoms with Crippen LogP contribution in [0.3, 0.4) is 0 Å². The highest BCUT2D eigenvalue weighted by atomic mass is 35.5. The van der Waals surface area contributed by atoms with Crippen LogP contribution in [-0.2, 0) is 0 Å². The summed E-state index contributed by atoms with van der Waals surface area (Å²) in [5.41, 5.74) is 6.46. The summed E-state index contributed by atoms with van der Waals surface area (Å²) in [6.07, 6.45) is 2.23. The van der Waals surface area contributed by atoms with Crippen molar-refractivity contribution in [2.24, 2.45) is 11.7 Å².